The van der Waals surface area contributed by atoms with Crippen LogP contribution in [0.15, 0.2) is 27.9 Å². The molecule has 0 unspecified atom stereocenters. The number of aliphatic imine (C=N–C) groups is 1. The number of hydrazine groups is 1. The Kier molecular flexibility index (Phi) is 5.56. The zero-order valence-corrected chi connectivity index (χ0v) is 10.0. The van der Waals surface area contributed by atoms with E-state index < -0.39 is 0 Å². The minimum atomic E-state index is -0.321. The summed E-state index contributed by atoms with van der Waals surface area (Å²) >= 11 is 0. The van der Waals surface area contributed by atoms with Crippen molar-refractivity contribution in [3.63, 3.8) is 0 Å². The molecule has 0 aromatic carbocycles. The van der Waals surface area contributed by atoms with E-state index >= 15 is 0 Å². The van der Waals surface area contributed by atoms with E-state index in [4.69, 9.17) is 5.84 Å². The van der Waals surface area contributed by atoms with Gasteiger partial charge in [-0.3, -0.25) is 15.2 Å². The normalized spacial score (nSPS) is 10.7. The maximum Gasteiger partial charge on any atom is 0.267 e. The highest BCUT2D eigenvalue weighted by Crippen LogP contribution is 2.16. The van der Waals surface area contributed by atoms with Gasteiger partial charge in [-0.1, -0.05) is 6.08 Å². The lowest BCUT2D eigenvalue weighted by Gasteiger charge is -2.08. The zero-order chi connectivity index (χ0) is 12.0. The second-order valence-corrected chi connectivity index (χ2v) is 3.58. The minimum Gasteiger partial charge on any atom is -0.290 e. The van der Waals surface area contributed by atoms with E-state index in [-0.39, 0.29) is 5.91 Å². The van der Waals surface area contributed by atoms with Crippen LogP contribution in [-0.2, 0) is 4.79 Å². The molecular weight excluding hydrogens is 190 g/mol. The van der Waals surface area contributed by atoms with Gasteiger partial charge in [0.2, 0.25) is 0 Å². The Balaban J connectivity index is 5.38. The van der Waals surface area contributed by atoms with Gasteiger partial charge >= 0.3 is 0 Å². The van der Waals surface area contributed by atoms with Crippen molar-refractivity contribution in [1.29, 1.82) is 0 Å². The summed E-state index contributed by atoms with van der Waals surface area (Å²) in [6.45, 7) is 9.38. The minimum absolute atomic E-state index is 0.321. The summed E-state index contributed by atoms with van der Waals surface area (Å²) in [5.74, 6) is 4.79. The molecule has 0 bridgehead atoms. The van der Waals surface area contributed by atoms with Crippen molar-refractivity contribution in [3.05, 3.63) is 22.9 Å². The second kappa shape index (κ2) is 6.14. The van der Waals surface area contributed by atoms with E-state index in [0.717, 1.165) is 11.3 Å². The van der Waals surface area contributed by atoms with Crippen molar-refractivity contribution in [3.8, 4) is 0 Å². The van der Waals surface area contributed by atoms with Crippen LogP contribution in [0.5, 0.6) is 0 Å². The van der Waals surface area contributed by atoms with Gasteiger partial charge in [-0.25, -0.2) is 5.84 Å². The summed E-state index contributed by atoms with van der Waals surface area (Å²) < 4.78 is 0. The van der Waals surface area contributed by atoms with E-state index in [1.54, 1.807) is 13.0 Å². The van der Waals surface area contributed by atoms with Gasteiger partial charge in [0.05, 0.1) is 11.3 Å². The first-order chi connectivity index (χ1) is 6.93. The summed E-state index contributed by atoms with van der Waals surface area (Å²) in [4.78, 5) is 15.8. The molecule has 0 rings (SSSR count). The number of allylic oxidation sites excluding steroid dienone is 2. The Morgan fingerprint density at radius 2 is 1.80 bits per heavy atom. The van der Waals surface area contributed by atoms with Crippen LogP contribution in [0.3, 0.4) is 0 Å². The quantitative estimate of drug-likeness (QED) is 0.185. The highest BCUT2D eigenvalue weighted by atomic mass is 16.2. The molecule has 0 aliphatic carbocycles. The lowest BCUT2D eigenvalue weighted by Crippen LogP contribution is -2.32. The molecule has 15 heavy (non-hydrogen) atoms. The van der Waals surface area contributed by atoms with Gasteiger partial charge in [0.15, 0.2) is 0 Å². The molecule has 84 valence electrons. The summed E-state index contributed by atoms with van der Waals surface area (Å²) in [5, 5.41) is 0. The van der Waals surface area contributed by atoms with Crippen LogP contribution in [0.2, 0.25) is 0 Å². The Bertz CT molecular complexity index is 330. The largest absolute Gasteiger partial charge is 0.290 e. The van der Waals surface area contributed by atoms with E-state index in [2.05, 4.69) is 10.4 Å². The summed E-state index contributed by atoms with van der Waals surface area (Å²) in [6, 6.07) is 0. The van der Waals surface area contributed by atoms with Crippen LogP contribution in [-0.4, -0.2) is 11.6 Å². The van der Waals surface area contributed by atoms with Gasteiger partial charge in [0.25, 0.3) is 5.91 Å². The molecule has 0 atom stereocenters. The fourth-order valence-corrected chi connectivity index (χ4v) is 1.12. The lowest BCUT2D eigenvalue weighted by molar-refractivity contribution is -0.117. The molecule has 0 aliphatic rings. The average molecular weight is 209 g/mol. The Morgan fingerprint density at radius 3 is 2.07 bits per heavy atom. The molecular formula is C11H19N3O. The van der Waals surface area contributed by atoms with Crippen LogP contribution in [0, 0.1) is 0 Å². The summed E-state index contributed by atoms with van der Waals surface area (Å²) in [5.41, 5.74) is 5.17. The standard InChI is InChI=1S/C11H19N3O/c1-6-9(11(15)14-12)10(7(2)3)13-8(4)5/h6H,12H2,1-5H3,(H,14,15)/b9-6+. The number of nitrogens with zero attached hydrogens (tertiary/aromatic N) is 1. The summed E-state index contributed by atoms with van der Waals surface area (Å²) in [6.07, 6.45) is 1.71. The SMILES string of the molecule is C/C=C(/C(=O)NN)C(N=C(C)C)=C(C)C. The number of hydrogen-bond donors (Lipinski definition) is 2. The van der Waals surface area contributed by atoms with Crippen molar-refractivity contribution in [1.82, 2.24) is 5.43 Å². The molecule has 4 nitrogen and oxygen atoms in total. The average Bonchev–Trinajstić information content (AvgIpc) is 2.16. The van der Waals surface area contributed by atoms with Crippen LogP contribution in [0.25, 0.3) is 0 Å². The molecule has 0 heterocycles. The molecule has 0 saturated heterocycles. The van der Waals surface area contributed by atoms with Crippen LogP contribution >= 0.6 is 0 Å². The Labute approximate surface area is 90.9 Å². The van der Waals surface area contributed by atoms with Crippen molar-refractivity contribution in [2.24, 2.45) is 10.8 Å². The van der Waals surface area contributed by atoms with Crippen LogP contribution < -0.4 is 11.3 Å². The van der Waals surface area contributed by atoms with Gasteiger partial charge in [-0.15, -0.1) is 0 Å². The molecule has 0 spiro atoms. The zero-order valence-electron chi connectivity index (χ0n) is 10.0. The topological polar surface area (TPSA) is 67.5 Å². The van der Waals surface area contributed by atoms with Crippen LogP contribution in [0.1, 0.15) is 34.6 Å². The number of amides is 1. The van der Waals surface area contributed by atoms with Gasteiger partial charge in [-0.05, 0) is 40.2 Å². The highest BCUT2D eigenvalue weighted by Gasteiger charge is 2.12. The number of hydrogen-bond acceptors (Lipinski definition) is 3. The van der Waals surface area contributed by atoms with Gasteiger partial charge in [0.1, 0.15) is 0 Å². The van der Waals surface area contributed by atoms with Crippen LogP contribution in [0.4, 0.5) is 0 Å². The monoisotopic (exact) mass is 209 g/mol. The Morgan fingerprint density at radius 1 is 1.27 bits per heavy atom. The highest BCUT2D eigenvalue weighted by molar-refractivity contribution is 5.98. The lowest BCUT2D eigenvalue weighted by atomic mass is 10.1. The molecule has 3 N–H and O–H groups in total. The smallest absolute Gasteiger partial charge is 0.267 e. The molecule has 0 aliphatic heterocycles. The first-order valence-electron chi connectivity index (χ1n) is 4.81. The number of nitrogens with one attached hydrogen (secondary N) is 1. The van der Waals surface area contributed by atoms with Crippen molar-refractivity contribution < 1.29 is 4.79 Å². The predicted octanol–water partition coefficient (Wildman–Crippen LogP) is 1.70. The first kappa shape index (κ1) is 13.6. The third-order valence-electron chi connectivity index (χ3n) is 1.73. The van der Waals surface area contributed by atoms with Crippen molar-refractivity contribution >= 4 is 11.6 Å². The van der Waals surface area contributed by atoms with Crippen molar-refractivity contribution in [2.45, 2.75) is 34.6 Å². The van der Waals surface area contributed by atoms with E-state index in [9.17, 15) is 4.79 Å². The number of rotatable bonds is 3. The predicted molar refractivity (Wildman–Crippen MR) is 63.2 cm³/mol. The van der Waals surface area contributed by atoms with E-state index in [1.807, 2.05) is 27.7 Å². The first-order valence-corrected chi connectivity index (χ1v) is 4.81. The van der Waals surface area contributed by atoms with E-state index in [1.165, 1.54) is 0 Å². The second-order valence-electron chi connectivity index (χ2n) is 3.58. The maximum atomic E-state index is 11.5. The van der Waals surface area contributed by atoms with E-state index in [0.29, 0.717) is 11.3 Å². The Hall–Kier alpha value is -1.42. The third kappa shape index (κ3) is 4.08. The summed E-state index contributed by atoms with van der Waals surface area (Å²) in [7, 11) is 0. The number of carbonyl (C=O) groups is 1. The molecule has 4 heteroatoms. The van der Waals surface area contributed by atoms with Gasteiger partial charge in [-0.2, -0.15) is 0 Å². The number of carbonyl (C=O) groups excluding carboxylic acids is 1. The van der Waals surface area contributed by atoms with Gasteiger partial charge < -0.3 is 0 Å². The molecule has 0 radical (unpaired) electrons. The third-order valence-corrected chi connectivity index (χ3v) is 1.73. The number of nitrogens with two attached hydrogens (primary N) is 1. The fraction of sp³-hybridized carbons (Fsp3) is 0.455. The molecule has 0 fully saturated rings. The molecule has 0 saturated carbocycles. The molecule has 0 aromatic heterocycles. The van der Waals surface area contributed by atoms with Gasteiger partial charge in [0, 0.05) is 5.71 Å². The molecule has 1 amide bonds. The maximum absolute atomic E-state index is 11.5. The fourth-order valence-electron chi connectivity index (χ4n) is 1.12. The molecule has 0 aromatic rings. The van der Waals surface area contributed by atoms with Crippen molar-refractivity contribution in [2.75, 3.05) is 0 Å².